The van der Waals surface area contributed by atoms with E-state index in [-0.39, 0.29) is 5.97 Å². The maximum atomic E-state index is 11.5. The second-order valence-electron chi connectivity index (χ2n) is 4.07. The van der Waals surface area contributed by atoms with Gasteiger partial charge in [-0.05, 0) is 31.6 Å². The number of ether oxygens (including phenoxy) is 1. The predicted octanol–water partition coefficient (Wildman–Crippen LogP) is 2.54. The molecule has 0 aliphatic heterocycles. The molecule has 0 spiro atoms. The van der Waals surface area contributed by atoms with E-state index in [4.69, 9.17) is 4.74 Å². The lowest BCUT2D eigenvalue weighted by Crippen LogP contribution is -2.16. The summed E-state index contributed by atoms with van der Waals surface area (Å²) >= 11 is 0. The lowest BCUT2D eigenvalue weighted by atomic mass is 9.89. The maximum Gasteiger partial charge on any atom is 0.333 e. The van der Waals surface area contributed by atoms with Crippen LogP contribution in [-0.2, 0) is 9.53 Å². The Morgan fingerprint density at radius 1 is 1.54 bits per heavy atom. The number of hydrogen-bond acceptors (Lipinski definition) is 2. The first-order chi connectivity index (χ1) is 6.07. The molecule has 1 rings (SSSR count). The van der Waals surface area contributed by atoms with Gasteiger partial charge in [0, 0.05) is 5.57 Å². The fourth-order valence-corrected chi connectivity index (χ4v) is 2.07. The molecule has 0 aromatic heterocycles. The van der Waals surface area contributed by atoms with E-state index >= 15 is 0 Å². The van der Waals surface area contributed by atoms with Crippen molar-refractivity contribution >= 4 is 5.97 Å². The summed E-state index contributed by atoms with van der Waals surface area (Å²) in [6, 6.07) is 0. The summed E-state index contributed by atoms with van der Waals surface area (Å²) in [6.45, 7) is 6.35. The quantitative estimate of drug-likeness (QED) is 0.613. The normalized spacial score (nSPS) is 22.7. The van der Waals surface area contributed by atoms with Crippen molar-refractivity contribution in [2.45, 2.75) is 33.6 Å². The minimum Gasteiger partial charge on any atom is -0.466 e. The fraction of sp³-hybridized carbons (Fsp3) is 0.727. The molecule has 1 unspecified atom stereocenters. The molecule has 2 heteroatoms. The van der Waals surface area contributed by atoms with Gasteiger partial charge in [-0.1, -0.05) is 19.4 Å². The number of carbonyl (C=O) groups is 1. The molecule has 0 bridgehead atoms. The van der Waals surface area contributed by atoms with Crippen molar-refractivity contribution in [3.63, 3.8) is 0 Å². The van der Waals surface area contributed by atoms with E-state index in [2.05, 4.69) is 13.8 Å². The molecule has 1 atom stereocenters. The Bertz CT molecular complexity index is 238. The smallest absolute Gasteiger partial charge is 0.333 e. The summed E-state index contributed by atoms with van der Waals surface area (Å²) in [5, 5.41) is 0. The summed E-state index contributed by atoms with van der Waals surface area (Å²) in [4.78, 5) is 11.5. The molecule has 0 radical (unpaired) electrons. The number of rotatable bonds is 2. The van der Waals surface area contributed by atoms with Crippen LogP contribution in [0, 0.1) is 11.8 Å². The molecular weight excluding hydrogens is 164 g/mol. The van der Waals surface area contributed by atoms with Gasteiger partial charge in [-0.2, -0.15) is 0 Å². The van der Waals surface area contributed by atoms with E-state index in [1.54, 1.807) is 0 Å². The topological polar surface area (TPSA) is 26.3 Å². The Morgan fingerprint density at radius 3 is 2.62 bits per heavy atom. The van der Waals surface area contributed by atoms with Crippen molar-refractivity contribution in [2.75, 3.05) is 7.11 Å². The highest BCUT2D eigenvalue weighted by atomic mass is 16.5. The molecule has 1 aliphatic rings. The Kier molecular flexibility index (Phi) is 3.12. The molecule has 0 saturated heterocycles. The van der Waals surface area contributed by atoms with Crippen molar-refractivity contribution in [1.82, 2.24) is 0 Å². The first-order valence-corrected chi connectivity index (χ1v) is 4.86. The summed E-state index contributed by atoms with van der Waals surface area (Å²) in [5.41, 5.74) is 2.14. The van der Waals surface area contributed by atoms with Crippen molar-refractivity contribution in [1.29, 1.82) is 0 Å². The molecule has 2 nitrogen and oxygen atoms in total. The second-order valence-corrected chi connectivity index (χ2v) is 4.07. The van der Waals surface area contributed by atoms with Crippen molar-refractivity contribution in [3.05, 3.63) is 11.1 Å². The van der Waals surface area contributed by atoms with Gasteiger partial charge >= 0.3 is 5.97 Å². The van der Waals surface area contributed by atoms with Crippen LogP contribution in [0.2, 0.25) is 0 Å². The van der Waals surface area contributed by atoms with Crippen LogP contribution in [0.1, 0.15) is 33.6 Å². The Hall–Kier alpha value is -0.790. The number of carbonyl (C=O) groups excluding carboxylic acids is 1. The van der Waals surface area contributed by atoms with Gasteiger partial charge in [0.05, 0.1) is 7.11 Å². The molecule has 1 aliphatic carbocycles. The number of allylic oxidation sites excluding steroid dienone is 1. The summed E-state index contributed by atoms with van der Waals surface area (Å²) in [7, 11) is 1.46. The average molecular weight is 182 g/mol. The van der Waals surface area contributed by atoms with Gasteiger partial charge in [0.1, 0.15) is 0 Å². The lowest BCUT2D eigenvalue weighted by molar-refractivity contribution is -0.136. The second kappa shape index (κ2) is 3.95. The van der Waals surface area contributed by atoms with Crippen molar-refractivity contribution in [2.24, 2.45) is 11.8 Å². The van der Waals surface area contributed by atoms with E-state index in [9.17, 15) is 4.79 Å². The van der Waals surface area contributed by atoms with E-state index in [1.807, 2.05) is 6.92 Å². The van der Waals surface area contributed by atoms with Crippen LogP contribution in [0.25, 0.3) is 0 Å². The molecule has 0 fully saturated rings. The van der Waals surface area contributed by atoms with Crippen LogP contribution in [0.5, 0.6) is 0 Å². The molecule has 0 N–H and O–H groups in total. The van der Waals surface area contributed by atoms with Gasteiger partial charge in [-0.3, -0.25) is 0 Å². The first kappa shape index (κ1) is 10.3. The number of hydrogen-bond donors (Lipinski definition) is 0. The Morgan fingerprint density at radius 2 is 2.15 bits per heavy atom. The average Bonchev–Trinajstić information content (AvgIpc) is 2.46. The monoisotopic (exact) mass is 182 g/mol. The third-order valence-electron chi connectivity index (χ3n) is 2.87. The van der Waals surface area contributed by atoms with Crippen molar-refractivity contribution < 1.29 is 9.53 Å². The molecule has 0 heterocycles. The van der Waals surface area contributed by atoms with Crippen LogP contribution < -0.4 is 0 Å². The van der Waals surface area contributed by atoms with Crippen LogP contribution in [-0.4, -0.2) is 13.1 Å². The maximum absolute atomic E-state index is 11.5. The highest BCUT2D eigenvalue weighted by Gasteiger charge is 2.30. The van der Waals surface area contributed by atoms with Crippen LogP contribution >= 0.6 is 0 Å². The highest BCUT2D eigenvalue weighted by molar-refractivity contribution is 5.90. The van der Waals surface area contributed by atoms with Gasteiger partial charge in [0.2, 0.25) is 0 Å². The zero-order valence-electron chi connectivity index (χ0n) is 8.89. The van der Waals surface area contributed by atoms with Gasteiger partial charge in [0.15, 0.2) is 0 Å². The minimum absolute atomic E-state index is 0.131. The van der Waals surface area contributed by atoms with E-state index in [0.29, 0.717) is 11.8 Å². The molecule has 0 amide bonds. The minimum atomic E-state index is -0.131. The van der Waals surface area contributed by atoms with E-state index < -0.39 is 0 Å². The number of methoxy groups -OCH3 is 1. The molecule has 13 heavy (non-hydrogen) atoms. The summed E-state index contributed by atoms with van der Waals surface area (Å²) < 4.78 is 4.79. The SMILES string of the molecule is COC(=O)C1=C(C)CCC1C(C)C. The van der Waals surface area contributed by atoms with Gasteiger partial charge in [-0.25, -0.2) is 4.79 Å². The third-order valence-corrected chi connectivity index (χ3v) is 2.87. The third kappa shape index (κ3) is 1.93. The largest absolute Gasteiger partial charge is 0.466 e. The van der Waals surface area contributed by atoms with E-state index in [0.717, 1.165) is 18.4 Å². The molecule has 74 valence electrons. The van der Waals surface area contributed by atoms with Crippen LogP contribution in [0.15, 0.2) is 11.1 Å². The number of esters is 1. The predicted molar refractivity (Wildman–Crippen MR) is 52.3 cm³/mol. The van der Waals surface area contributed by atoms with Crippen LogP contribution in [0.4, 0.5) is 0 Å². The lowest BCUT2D eigenvalue weighted by Gasteiger charge is -2.17. The summed E-state index contributed by atoms with van der Waals surface area (Å²) in [6.07, 6.45) is 2.15. The Labute approximate surface area is 80.0 Å². The first-order valence-electron chi connectivity index (χ1n) is 4.86. The fourth-order valence-electron chi connectivity index (χ4n) is 2.07. The van der Waals surface area contributed by atoms with Crippen molar-refractivity contribution in [3.8, 4) is 0 Å². The van der Waals surface area contributed by atoms with E-state index in [1.165, 1.54) is 12.7 Å². The molecule has 0 aromatic rings. The van der Waals surface area contributed by atoms with Gasteiger partial charge < -0.3 is 4.74 Å². The molecule has 0 saturated carbocycles. The standard InChI is InChI=1S/C11H18O2/c1-7(2)9-6-5-8(3)10(9)11(12)13-4/h7,9H,5-6H2,1-4H3. The molecular formula is C11H18O2. The highest BCUT2D eigenvalue weighted by Crippen LogP contribution is 2.36. The zero-order valence-corrected chi connectivity index (χ0v) is 8.89. The van der Waals surface area contributed by atoms with Gasteiger partial charge in [-0.15, -0.1) is 0 Å². The summed E-state index contributed by atoms with van der Waals surface area (Å²) in [5.74, 6) is 0.813. The Balaban J connectivity index is 2.88. The van der Waals surface area contributed by atoms with Crippen LogP contribution in [0.3, 0.4) is 0 Å². The van der Waals surface area contributed by atoms with Gasteiger partial charge in [0.25, 0.3) is 0 Å². The zero-order chi connectivity index (χ0) is 10.0. The molecule has 0 aromatic carbocycles.